The number of fused-ring (bicyclic) bond motifs is 1. The minimum atomic E-state index is -2.88. The highest BCUT2D eigenvalue weighted by atomic mass is 16.5. The van der Waals surface area contributed by atoms with E-state index in [2.05, 4.69) is 47.9 Å². The highest BCUT2D eigenvalue weighted by Crippen LogP contribution is 2.28. The number of nitrogens with zero attached hydrogens (tertiary/aromatic N) is 2. The number of ether oxygens (including phenoxy) is 2. The summed E-state index contributed by atoms with van der Waals surface area (Å²) < 4.78 is 11.8. The first-order chi connectivity index (χ1) is 54.4. The Bertz CT molecular complexity index is 3480. The number of aliphatic hydroxyl groups excluding tert-OH is 5. The normalized spacial score (nSPS) is 24.2. The molecule has 2 fully saturated rings. The number of unbranched alkanes of at least 4 members (excludes halogenated alkanes) is 1. The van der Waals surface area contributed by atoms with Crippen molar-refractivity contribution in [3.05, 3.63) is 0 Å². The molecule has 15 amide bonds. The lowest BCUT2D eigenvalue weighted by Crippen LogP contribution is -2.66. The lowest BCUT2D eigenvalue weighted by Gasteiger charge is -2.40. The van der Waals surface area contributed by atoms with E-state index < -0.39 is 302 Å². The maximum Gasteiger partial charge on any atom is 0.335 e. The number of piperidine rings is 1. The molecule has 26 N–H and O–H groups in total. The van der Waals surface area contributed by atoms with Crippen LogP contribution in [0.2, 0.25) is 0 Å². The molecular formula is C74H126N16O27. The lowest BCUT2D eigenvalue weighted by molar-refractivity contribution is -0.168. The van der Waals surface area contributed by atoms with Gasteiger partial charge >= 0.3 is 17.9 Å². The number of carbonyl (C=O) groups is 18. The minimum Gasteiger partial charge on any atom is -0.481 e. The van der Waals surface area contributed by atoms with Crippen LogP contribution >= 0.6 is 0 Å². The number of nitrogens with one attached hydrogen (secondary N) is 9. The number of hydrogen-bond acceptors (Lipinski definition) is 26. The summed E-state index contributed by atoms with van der Waals surface area (Å²) in [6.45, 7) is 18.3. The smallest absolute Gasteiger partial charge is 0.335 e. The summed E-state index contributed by atoms with van der Waals surface area (Å²) in [5.74, 6) is -32.5. The van der Waals surface area contributed by atoms with Crippen molar-refractivity contribution in [2.45, 2.75) is 283 Å². The van der Waals surface area contributed by atoms with E-state index in [0.29, 0.717) is 6.42 Å². The van der Waals surface area contributed by atoms with Crippen molar-refractivity contribution in [1.29, 1.82) is 0 Å². The van der Waals surface area contributed by atoms with Gasteiger partial charge in [0.2, 0.25) is 82.7 Å². The number of amides is 15. The molecule has 2 rings (SSSR count). The van der Waals surface area contributed by atoms with Crippen molar-refractivity contribution in [3.8, 4) is 0 Å². The summed E-state index contributed by atoms with van der Waals surface area (Å²) in [7, 11) is 1.07. The lowest BCUT2D eigenvalue weighted by atomic mass is 9.85. The number of aliphatic carboxylic acids is 2. The predicted octanol–water partition coefficient (Wildman–Crippen LogP) is -7.17. The average Bonchev–Trinajstić information content (AvgIpc) is 0.982. The van der Waals surface area contributed by atoms with E-state index in [4.69, 9.17) is 38.1 Å². The number of carbonyl (C=O) groups excluding carboxylic acids is 16. The highest BCUT2D eigenvalue weighted by Gasteiger charge is 2.49. The largest absolute Gasteiger partial charge is 0.481 e. The molecule has 0 spiro atoms. The standard InChI is InChI=1S/C74H126N16O27/c1-15-116-59(61(79)101)53-68(108)83-43(30-48(94)95)72(112)90-27-19-17-21-45(90)74(115)117-58(35(9)33(6)7)52(69(109)85-50(39(13)91)66(106)81-41(20-16-18-26-75)63(103)82-42(29-32(4)5)71(111)89(14)44(64(104)87-53)23-25-47(77)93)88-65(105)49(36(10)37(11)60(78)100)84-70(110)57(99)55(97)40(22-24-46(76)92)80-67(107)51(56(98)73(113)114)86-62(102)38(12)54(96)34(8)28-31(2)3/h31-45,49-59,91,96-99H,15-30,75H2,1-14H3,(H2,76,92)(H2,77,93)(H2,78,100)(H2,79,101)(H,80,107)(H,81,106)(H,82,103)(H,83,108)(H,84,110)(H,85,109)(H,86,102)(H,87,104)(H,88,105)(H,94,95)(H,113,114). The van der Waals surface area contributed by atoms with Crippen LogP contribution in [0.1, 0.15) is 173 Å². The number of carboxylic acid groups (broad SMARTS) is 2. The van der Waals surface area contributed by atoms with Gasteiger partial charge in [-0.25, -0.2) is 9.59 Å². The van der Waals surface area contributed by atoms with Gasteiger partial charge in [0.25, 0.3) is 5.91 Å². The zero-order valence-corrected chi connectivity index (χ0v) is 68.9. The van der Waals surface area contributed by atoms with Gasteiger partial charge in [-0.15, -0.1) is 0 Å². The van der Waals surface area contributed by atoms with E-state index in [1.54, 1.807) is 34.6 Å². The van der Waals surface area contributed by atoms with Crippen molar-refractivity contribution < 1.29 is 132 Å². The second-order valence-corrected chi connectivity index (χ2v) is 31.4. The topological polar surface area (TPSA) is 712 Å². The van der Waals surface area contributed by atoms with Crippen molar-refractivity contribution in [1.82, 2.24) is 57.7 Å². The molecule has 2 heterocycles. The van der Waals surface area contributed by atoms with Gasteiger partial charge in [-0.05, 0) is 120 Å². The molecule has 0 aromatic heterocycles. The molecule has 0 aliphatic carbocycles. The molecule has 43 heteroatoms. The average molecular weight is 1670 g/mol. The Labute approximate surface area is 678 Å². The van der Waals surface area contributed by atoms with Crippen molar-refractivity contribution in [2.24, 2.45) is 76.0 Å². The Balaban J connectivity index is 3.25. The first-order valence-electron chi connectivity index (χ1n) is 39.2. The van der Waals surface area contributed by atoms with E-state index in [1.807, 2.05) is 13.8 Å². The third-order valence-electron chi connectivity index (χ3n) is 20.9. The quantitative estimate of drug-likeness (QED) is 0.0200. The van der Waals surface area contributed by atoms with Crippen LogP contribution in [0.15, 0.2) is 0 Å². The van der Waals surface area contributed by atoms with Crippen LogP contribution in [0.5, 0.6) is 0 Å². The summed E-state index contributed by atoms with van der Waals surface area (Å²) in [6, 6.07) is -23.0. The Morgan fingerprint density at radius 1 is 0.590 bits per heavy atom. The van der Waals surface area contributed by atoms with Crippen LogP contribution in [-0.4, -0.2) is 288 Å². The van der Waals surface area contributed by atoms with Gasteiger partial charge in [0, 0.05) is 39.0 Å². The van der Waals surface area contributed by atoms with Crippen molar-refractivity contribution in [3.63, 3.8) is 0 Å². The maximum absolute atomic E-state index is 15.7. The summed E-state index contributed by atoms with van der Waals surface area (Å²) in [5.41, 5.74) is 28.3. The fourth-order valence-corrected chi connectivity index (χ4v) is 13.5. The number of aliphatic hydroxyl groups is 5. The molecule has 0 aromatic carbocycles. The molecule has 664 valence electrons. The number of primary amides is 4. The summed E-state index contributed by atoms with van der Waals surface area (Å²) in [4.78, 5) is 256. The van der Waals surface area contributed by atoms with Crippen LogP contribution < -0.4 is 76.5 Å². The second kappa shape index (κ2) is 48.8. The van der Waals surface area contributed by atoms with Crippen LogP contribution in [0, 0.1) is 47.3 Å². The van der Waals surface area contributed by atoms with Gasteiger partial charge in [-0.3, -0.25) is 76.7 Å². The van der Waals surface area contributed by atoms with Gasteiger partial charge in [0.1, 0.15) is 72.6 Å². The van der Waals surface area contributed by atoms with E-state index in [9.17, 15) is 103 Å². The number of likely N-dealkylation sites (N-methyl/N-ethyl adjacent to an activating group) is 1. The van der Waals surface area contributed by atoms with Gasteiger partial charge in [-0.2, -0.15) is 0 Å². The molecule has 2 saturated heterocycles. The third kappa shape index (κ3) is 31.5. The molecule has 23 unspecified atom stereocenters. The number of rotatable bonds is 40. The summed E-state index contributed by atoms with van der Waals surface area (Å²) >= 11 is 0. The molecule has 2 aliphatic rings. The number of nitrogens with two attached hydrogens (primary N) is 5. The maximum atomic E-state index is 15.7. The molecular weight excluding hydrogens is 1540 g/mol. The highest BCUT2D eigenvalue weighted by molar-refractivity contribution is 6.02. The summed E-state index contributed by atoms with van der Waals surface area (Å²) in [6.07, 6.45) is -19.9. The number of esters is 1. The van der Waals surface area contributed by atoms with E-state index >= 15 is 19.2 Å². The predicted molar refractivity (Wildman–Crippen MR) is 412 cm³/mol. The van der Waals surface area contributed by atoms with Gasteiger partial charge in [0.05, 0.1) is 30.6 Å². The Morgan fingerprint density at radius 3 is 1.68 bits per heavy atom. The zero-order valence-electron chi connectivity index (χ0n) is 68.9. The molecule has 0 radical (unpaired) electrons. The molecule has 0 saturated carbocycles. The number of carboxylic acids is 2. The van der Waals surface area contributed by atoms with Crippen LogP contribution in [0.4, 0.5) is 0 Å². The molecule has 2 aliphatic heterocycles. The fraction of sp³-hybridized carbons (Fsp3) is 0.757. The minimum absolute atomic E-state index is 0.0420. The number of cyclic esters (lactones) is 1. The second-order valence-electron chi connectivity index (χ2n) is 31.4. The van der Waals surface area contributed by atoms with Gasteiger partial charge < -0.3 is 132 Å². The fourth-order valence-electron chi connectivity index (χ4n) is 13.5. The van der Waals surface area contributed by atoms with Gasteiger partial charge in [-0.1, -0.05) is 76.2 Å². The molecule has 0 bridgehead atoms. The van der Waals surface area contributed by atoms with Crippen LogP contribution in [0.25, 0.3) is 0 Å². The van der Waals surface area contributed by atoms with E-state index in [0.717, 1.165) is 30.7 Å². The monoisotopic (exact) mass is 1670 g/mol. The van der Waals surface area contributed by atoms with Crippen LogP contribution in [0.3, 0.4) is 0 Å². The molecule has 43 nitrogen and oxygen atoms in total. The molecule has 23 atom stereocenters. The third-order valence-corrected chi connectivity index (χ3v) is 20.9. The van der Waals surface area contributed by atoms with Gasteiger partial charge in [0.15, 0.2) is 18.3 Å². The molecule has 117 heavy (non-hydrogen) atoms. The van der Waals surface area contributed by atoms with Crippen molar-refractivity contribution >= 4 is 107 Å². The van der Waals surface area contributed by atoms with Crippen molar-refractivity contribution in [2.75, 3.05) is 26.7 Å². The first kappa shape index (κ1) is 103. The SMILES string of the molecule is CCOC(C(N)=O)C1NC(=O)C(CCC(N)=O)N(C)C(=O)C(CC(C)C)NC(=O)C(CCCCN)NC(=O)C(C(C)O)NC(=O)C(NC(=O)C(NC(=O)C(O)C(O)C(CCC(N)=O)NC(=O)C(NC(=O)C(C)C(O)C(C)CC(C)C)C(O)C(=O)O)C(C)C(C)C(N)=O)C(C(C)C(C)C)OC(=O)C2CCCCN2C(=O)C(CC(=O)O)NC1=O. The van der Waals surface area contributed by atoms with E-state index in [-0.39, 0.29) is 57.4 Å². The van der Waals surface area contributed by atoms with E-state index in [1.165, 1.54) is 27.7 Å². The molecule has 0 aromatic rings. The first-order valence-corrected chi connectivity index (χ1v) is 39.2. The Morgan fingerprint density at radius 2 is 1.16 bits per heavy atom. The zero-order chi connectivity index (χ0) is 89.6. The van der Waals surface area contributed by atoms with Crippen LogP contribution in [-0.2, 0) is 95.8 Å². The Hall–Kier alpha value is -9.82. The number of hydrogen-bond donors (Lipinski definition) is 21. The summed E-state index contributed by atoms with van der Waals surface area (Å²) in [5, 5.41) is 97.8. The Kier molecular flexibility index (Phi) is 43.0.